The number of carbonyl (C=O) groups excluding carboxylic acids is 4. The van der Waals surface area contributed by atoms with Crippen LogP contribution in [0.1, 0.15) is 97.9 Å². The fourth-order valence-corrected chi connectivity index (χ4v) is 6.80. The van der Waals surface area contributed by atoms with E-state index in [0.29, 0.717) is 23.9 Å². The third-order valence-electron chi connectivity index (χ3n) is 9.33. The number of hydrogen-bond acceptors (Lipinski definition) is 6. The minimum Gasteiger partial charge on any atom is -0.489 e. The molecule has 1 saturated carbocycles. The zero-order chi connectivity index (χ0) is 33.5. The second kappa shape index (κ2) is 15.7. The predicted octanol–water partition coefficient (Wildman–Crippen LogP) is 4.70. The minimum atomic E-state index is -0.936. The molecule has 5 rings (SSSR count). The number of piperazine rings is 1. The Labute approximate surface area is 276 Å². The first-order valence-corrected chi connectivity index (χ1v) is 17.1. The Bertz CT molecular complexity index is 1450. The van der Waals surface area contributed by atoms with Crippen LogP contribution in [0.15, 0.2) is 36.4 Å². The van der Waals surface area contributed by atoms with Gasteiger partial charge in [0, 0.05) is 49.9 Å². The van der Waals surface area contributed by atoms with Crippen molar-refractivity contribution in [3.05, 3.63) is 58.9 Å². The molecule has 2 atom stereocenters. The summed E-state index contributed by atoms with van der Waals surface area (Å²) in [7, 11) is 0. The summed E-state index contributed by atoms with van der Waals surface area (Å²) in [6.45, 7) is 7.85. The Morgan fingerprint density at radius 3 is 2.47 bits per heavy atom. The van der Waals surface area contributed by atoms with Crippen LogP contribution in [0, 0.1) is 11.7 Å². The van der Waals surface area contributed by atoms with E-state index in [1.54, 1.807) is 11.0 Å². The van der Waals surface area contributed by atoms with Gasteiger partial charge in [0.05, 0.1) is 6.54 Å². The Balaban J connectivity index is 1.40. The quantitative estimate of drug-likeness (QED) is 0.343. The lowest BCUT2D eigenvalue weighted by atomic mass is 9.83. The lowest BCUT2D eigenvalue weighted by Gasteiger charge is -2.40. The van der Waals surface area contributed by atoms with E-state index in [1.807, 2.05) is 12.1 Å². The zero-order valence-electron chi connectivity index (χ0n) is 27.8. The molecule has 254 valence electrons. The van der Waals surface area contributed by atoms with E-state index in [1.165, 1.54) is 24.3 Å². The van der Waals surface area contributed by atoms with Crippen molar-refractivity contribution in [2.45, 2.75) is 83.8 Å². The maximum absolute atomic E-state index is 14.4. The third kappa shape index (κ3) is 8.88. The first kappa shape index (κ1) is 34.3. The SMILES string of the molecule is CC(=O)Nc1cc(F)cc(C(=O)N2CCN(C(=O)c3ccc(O[C@H]4CCNC4)c(C4CCCCC4)c3)C(C(=O)NCCC(C)C)C2)c1. The highest BCUT2D eigenvalue weighted by molar-refractivity contribution is 6.00. The average molecular weight is 650 g/mol. The number of nitrogens with zero attached hydrogens (tertiary/aromatic N) is 2. The van der Waals surface area contributed by atoms with Crippen molar-refractivity contribution in [3.63, 3.8) is 0 Å². The van der Waals surface area contributed by atoms with Crippen molar-refractivity contribution in [2.75, 3.05) is 44.6 Å². The van der Waals surface area contributed by atoms with Gasteiger partial charge in [-0.15, -0.1) is 0 Å². The first-order valence-electron chi connectivity index (χ1n) is 17.1. The van der Waals surface area contributed by atoms with Crippen LogP contribution in [-0.2, 0) is 9.59 Å². The number of amides is 4. The van der Waals surface area contributed by atoms with Gasteiger partial charge in [-0.05, 0) is 86.0 Å². The van der Waals surface area contributed by atoms with Crippen LogP contribution in [0.3, 0.4) is 0 Å². The van der Waals surface area contributed by atoms with Gasteiger partial charge in [-0.2, -0.15) is 0 Å². The number of anilines is 1. The lowest BCUT2D eigenvalue weighted by Crippen LogP contribution is -2.61. The van der Waals surface area contributed by atoms with Gasteiger partial charge < -0.3 is 30.5 Å². The fraction of sp³-hybridized carbons (Fsp3) is 0.556. The van der Waals surface area contributed by atoms with E-state index in [-0.39, 0.29) is 54.7 Å². The Morgan fingerprint density at radius 2 is 1.77 bits per heavy atom. The van der Waals surface area contributed by atoms with Crippen LogP contribution < -0.4 is 20.7 Å². The largest absolute Gasteiger partial charge is 0.489 e. The molecule has 47 heavy (non-hydrogen) atoms. The van der Waals surface area contributed by atoms with Crippen molar-refractivity contribution in [2.24, 2.45) is 5.92 Å². The highest BCUT2D eigenvalue weighted by Gasteiger charge is 2.38. The molecule has 1 aliphatic carbocycles. The molecule has 11 heteroatoms. The summed E-state index contributed by atoms with van der Waals surface area (Å²) < 4.78 is 20.9. The molecule has 0 radical (unpaired) electrons. The van der Waals surface area contributed by atoms with Crippen LogP contribution >= 0.6 is 0 Å². The second-order valence-electron chi connectivity index (χ2n) is 13.5. The van der Waals surface area contributed by atoms with Gasteiger partial charge >= 0.3 is 0 Å². The number of ether oxygens (including phenoxy) is 1. The predicted molar refractivity (Wildman–Crippen MR) is 178 cm³/mol. The van der Waals surface area contributed by atoms with Crippen molar-refractivity contribution in [1.82, 2.24) is 20.4 Å². The van der Waals surface area contributed by atoms with Crippen molar-refractivity contribution in [1.29, 1.82) is 0 Å². The Hall–Kier alpha value is -3.99. The number of benzene rings is 2. The molecular formula is C36H48FN5O5. The lowest BCUT2D eigenvalue weighted by molar-refractivity contribution is -0.127. The molecule has 2 aromatic carbocycles. The fourth-order valence-electron chi connectivity index (χ4n) is 6.80. The molecule has 3 fully saturated rings. The van der Waals surface area contributed by atoms with E-state index in [4.69, 9.17) is 4.74 Å². The molecule has 2 aliphatic heterocycles. The van der Waals surface area contributed by atoms with Crippen LogP contribution in [-0.4, -0.2) is 84.8 Å². The third-order valence-corrected chi connectivity index (χ3v) is 9.33. The maximum atomic E-state index is 14.4. The molecule has 1 unspecified atom stereocenters. The summed E-state index contributed by atoms with van der Waals surface area (Å²) in [4.78, 5) is 56.1. The van der Waals surface area contributed by atoms with E-state index >= 15 is 0 Å². The van der Waals surface area contributed by atoms with Crippen LogP contribution in [0.2, 0.25) is 0 Å². The number of carbonyl (C=O) groups is 4. The van der Waals surface area contributed by atoms with Gasteiger partial charge in [0.2, 0.25) is 11.8 Å². The molecule has 0 bridgehead atoms. The summed E-state index contributed by atoms with van der Waals surface area (Å²) in [5, 5.41) is 8.83. The van der Waals surface area contributed by atoms with Gasteiger partial charge in [0.25, 0.3) is 11.8 Å². The summed E-state index contributed by atoms with van der Waals surface area (Å²) >= 11 is 0. The molecule has 2 aromatic rings. The van der Waals surface area contributed by atoms with Gasteiger partial charge in [0.1, 0.15) is 23.7 Å². The second-order valence-corrected chi connectivity index (χ2v) is 13.5. The van der Waals surface area contributed by atoms with Crippen LogP contribution in [0.5, 0.6) is 5.75 Å². The molecule has 2 heterocycles. The monoisotopic (exact) mass is 649 g/mol. The maximum Gasteiger partial charge on any atom is 0.254 e. The van der Waals surface area contributed by atoms with E-state index in [2.05, 4.69) is 29.8 Å². The van der Waals surface area contributed by atoms with E-state index in [0.717, 1.165) is 75.1 Å². The molecule has 10 nitrogen and oxygen atoms in total. The first-order chi connectivity index (χ1) is 22.6. The topological polar surface area (TPSA) is 120 Å². The summed E-state index contributed by atoms with van der Waals surface area (Å²) in [6.07, 6.45) is 7.37. The molecule has 3 N–H and O–H groups in total. The molecule has 3 aliphatic rings. The number of nitrogens with one attached hydrogen (secondary N) is 3. The van der Waals surface area contributed by atoms with Crippen LogP contribution in [0.25, 0.3) is 0 Å². The normalized spacial score (nSPS) is 20.3. The molecule has 0 aromatic heterocycles. The van der Waals surface area contributed by atoms with E-state index in [9.17, 15) is 23.6 Å². The highest BCUT2D eigenvalue weighted by atomic mass is 19.1. The standard InChI is InChI=1S/C36H48FN5O5/c1-23(2)11-14-39-34(44)32-22-41(35(45)27-17-28(37)20-29(18-27)40-24(3)43)15-16-42(32)36(46)26-9-10-33(47-30-12-13-38-21-30)31(19-26)25-7-5-4-6-8-25/h9-10,17-20,23,25,30,32,38H,4-8,11-16,21-22H2,1-3H3,(H,39,44)(H,40,43)/t30-,32?/m0/s1. The zero-order valence-corrected chi connectivity index (χ0v) is 27.8. The number of hydrogen-bond donors (Lipinski definition) is 3. The van der Waals surface area contributed by atoms with Crippen molar-refractivity contribution < 1.29 is 28.3 Å². The van der Waals surface area contributed by atoms with Gasteiger partial charge in [-0.3, -0.25) is 19.2 Å². The highest BCUT2D eigenvalue weighted by Crippen LogP contribution is 2.39. The minimum absolute atomic E-state index is 0.0462. The van der Waals surface area contributed by atoms with Gasteiger partial charge in [-0.25, -0.2) is 4.39 Å². The smallest absolute Gasteiger partial charge is 0.254 e. The molecule has 4 amide bonds. The number of halogens is 1. The summed E-state index contributed by atoms with van der Waals surface area (Å²) in [6, 6.07) is 8.38. The van der Waals surface area contributed by atoms with Crippen LogP contribution in [0.4, 0.5) is 10.1 Å². The molecule has 0 spiro atoms. The van der Waals surface area contributed by atoms with Crippen molar-refractivity contribution >= 4 is 29.3 Å². The summed E-state index contributed by atoms with van der Waals surface area (Å²) in [5.74, 6) is -0.633. The van der Waals surface area contributed by atoms with Gasteiger partial charge in [-0.1, -0.05) is 33.1 Å². The Morgan fingerprint density at radius 1 is 0.979 bits per heavy atom. The molecular weight excluding hydrogens is 601 g/mol. The number of rotatable bonds is 10. The summed E-state index contributed by atoms with van der Waals surface area (Å²) in [5.41, 5.74) is 1.77. The van der Waals surface area contributed by atoms with E-state index < -0.39 is 17.8 Å². The molecule has 2 saturated heterocycles. The van der Waals surface area contributed by atoms with Gasteiger partial charge in [0.15, 0.2) is 0 Å². The van der Waals surface area contributed by atoms with Crippen molar-refractivity contribution in [3.8, 4) is 5.75 Å². The average Bonchev–Trinajstić information content (AvgIpc) is 3.57. The Kier molecular flexibility index (Phi) is 11.5.